The SMILES string of the molecule is O=C(NC[C@H](O)c1ccccc1)c1ccc(CSc2ccc(Cl)cc2)cc1. The zero-order valence-electron chi connectivity index (χ0n) is 14.6. The van der Waals surface area contributed by atoms with E-state index in [4.69, 9.17) is 11.6 Å². The van der Waals surface area contributed by atoms with E-state index >= 15 is 0 Å². The number of carbonyl (C=O) groups is 1. The van der Waals surface area contributed by atoms with E-state index in [1.165, 1.54) is 0 Å². The molecule has 0 saturated carbocycles. The van der Waals surface area contributed by atoms with Gasteiger partial charge >= 0.3 is 0 Å². The highest BCUT2D eigenvalue weighted by Gasteiger charge is 2.10. The van der Waals surface area contributed by atoms with Crippen molar-refractivity contribution in [2.75, 3.05) is 6.54 Å². The molecule has 0 bridgehead atoms. The fourth-order valence-corrected chi connectivity index (χ4v) is 3.51. The van der Waals surface area contributed by atoms with Gasteiger partial charge in [-0.05, 0) is 47.5 Å². The monoisotopic (exact) mass is 397 g/mol. The number of hydrogen-bond donors (Lipinski definition) is 2. The Balaban J connectivity index is 1.50. The average Bonchev–Trinajstić information content (AvgIpc) is 2.72. The zero-order chi connectivity index (χ0) is 19.1. The number of aliphatic hydroxyl groups excluding tert-OH is 1. The van der Waals surface area contributed by atoms with Crippen molar-refractivity contribution in [2.45, 2.75) is 16.8 Å². The first kappa shape index (κ1) is 19.5. The van der Waals surface area contributed by atoms with Crippen LogP contribution in [0, 0.1) is 0 Å². The molecule has 0 radical (unpaired) electrons. The molecule has 3 nitrogen and oxygen atoms in total. The molecule has 0 heterocycles. The predicted octanol–water partition coefficient (Wildman–Crippen LogP) is 5.10. The molecule has 5 heteroatoms. The molecule has 0 unspecified atom stereocenters. The van der Waals surface area contributed by atoms with Crippen LogP contribution in [0.5, 0.6) is 0 Å². The van der Waals surface area contributed by atoms with Crippen LogP contribution >= 0.6 is 23.4 Å². The molecule has 3 aromatic carbocycles. The van der Waals surface area contributed by atoms with Gasteiger partial charge < -0.3 is 10.4 Å². The molecule has 2 N–H and O–H groups in total. The predicted molar refractivity (Wildman–Crippen MR) is 111 cm³/mol. The second kappa shape index (κ2) is 9.60. The number of benzene rings is 3. The van der Waals surface area contributed by atoms with Crippen molar-refractivity contribution in [1.82, 2.24) is 5.32 Å². The summed E-state index contributed by atoms with van der Waals surface area (Å²) in [6, 6.07) is 24.5. The molecule has 0 aromatic heterocycles. The first-order chi connectivity index (χ1) is 13.1. The Bertz CT molecular complexity index is 867. The minimum atomic E-state index is -0.717. The summed E-state index contributed by atoms with van der Waals surface area (Å²) in [5.74, 6) is 0.623. The van der Waals surface area contributed by atoms with Crippen molar-refractivity contribution in [3.05, 3.63) is 101 Å². The van der Waals surface area contributed by atoms with Gasteiger partial charge in [-0.2, -0.15) is 0 Å². The van der Waals surface area contributed by atoms with Gasteiger partial charge in [-0.15, -0.1) is 11.8 Å². The maximum absolute atomic E-state index is 12.3. The van der Waals surface area contributed by atoms with E-state index in [1.54, 1.807) is 11.8 Å². The fraction of sp³-hybridized carbons (Fsp3) is 0.136. The lowest BCUT2D eigenvalue weighted by molar-refractivity contribution is 0.0916. The summed E-state index contributed by atoms with van der Waals surface area (Å²) in [6.07, 6.45) is -0.717. The van der Waals surface area contributed by atoms with E-state index < -0.39 is 6.10 Å². The molecule has 0 aliphatic heterocycles. The number of halogens is 1. The number of aliphatic hydroxyl groups is 1. The molecular formula is C22H20ClNO2S. The number of amides is 1. The van der Waals surface area contributed by atoms with Crippen molar-refractivity contribution < 1.29 is 9.90 Å². The molecule has 0 saturated heterocycles. The van der Waals surface area contributed by atoms with E-state index in [9.17, 15) is 9.90 Å². The number of carbonyl (C=O) groups excluding carboxylic acids is 1. The lowest BCUT2D eigenvalue weighted by Gasteiger charge is -2.12. The minimum Gasteiger partial charge on any atom is -0.387 e. The number of rotatable bonds is 7. The van der Waals surface area contributed by atoms with Crippen molar-refractivity contribution in [1.29, 1.82) is 0 Å². The van der Waals surface area contributed by atoms with Crippen molar-refractivity contribution in [2.24, 2.45) is 0 Å². The lowest BCUT2D eigenvalue weighted by atomic mass is 10.1. The Morgan fingerprint density at radius 2 is 1.63 bits per heavy atom. The third-order valence-corrected chi connectivity index (χ3v) is 5.41. The highest BCUT2D eigenvalue weighted by atomic mass is 35.5. The van der Waals surface area contributed by atoms with Gasteiger partial charge in [-0.25, -0.2) is 0 Å². The number of thioether (sulfide) groups is 1. The second-order valence-electron chi connectivity index (χ2n) is 6.08. The standard InChI is InChI=1S/C22H20ClNO2S/c23-19-10-12-20(13-11-19)27-15-16-6-8-18(9-7-16)22(26)24-14-21(25)17-4-2-1-3-5-17/h1-13,21,25H,14-15H2,(H,24,26)/t21-/m0/s1. The highest BCUT2D eigenvalue weighted by Crippen LogP contribution is 2.24. The maximum Gasteiger partial charge on any atom is 0.251 e. The summed E-state index contributed by atoms with van der Waals surface area (Å²) in [5, 5.41) is 13.6. The minimum absolute atomic E-state index is 0.178. The number of hydrogen-bond acceptors (Lipinski definition) is 3. The summed E-state index contributed by atoms with van der Waals surface area (Å²) < 4.78 is 0. The first-order valence-electron chi connectivity index (χ1n) is 8.60. The Hall–Kier alpha value is -2.27. The Morgan fingerprint density at radius 3 is 2.30 bits per heavy atom. The average molecular weight is 398 g/mol. The van der Waals surface area contributed by atoms with Gasteiger partial charge in [-0.1, -0.05) is 54.1 Å². The van der Waals surface area contributed by atoms with Crippen LogP contribution < -0.4 is 5.32 Å². The topological polar surface area (TPSA) is 49.3 Å². The third kappa shape index (κ3) is 5.86. The molecule has 1 atom stereocenters. The molecule has 0 fully saturated rings. The van der Waals surface area contributed by atoms with Gasteiger partial charge in [0.15, 0.2) is 0 Å². The smallest absolute Gasteiger partial charge is 0.251 e. The summed E-state index contributed by atoms with van der Waals surface area (Å²) in [4.78, 5) is 13.4. The lowest BCUT2D eigenvalue weighted by Crippen LogP contribution is -2.28. The summed E-state index contributed by atoms with van der Waals surface area (Å²) in [7, 11) is 0. The van der Waals surface area contributed by atoms with Crippen LogP contribution in [0.4, 0.5) is 0 Å². The second-order valence-corrected chi connectivity index (χ2v) is 7.56. The van der Waals surface area contributed by atoms with E-state index in [1.807, 2.05) is 78.9 Å². The molecule has 27 heavy (non-hydrogen) atoms. The largest absolute Gasteiger partial charge is 0.387 e. The van der Waals surface area contributed by atoms with Crippen LogP contribution in [0.1, 0.15) is 27.6 Å². The van der Waals surface area contributed by atoms with Crippen LogP contribution in [-0.2, 0) is 5.75 Å². The molecule has 138 valence electrons. The molecule has 0 spiro atoms. The zero-order valence-corrected chi connectivity index (χ0v) is 16.2. The van der Waals surface area contributed by atoms with E-state index in [0.717, 1.165) is 26.8 Å². The Morgan fingerprint density at radius 1 is 0.963 bits per heavy atom. The van der Waals surface area contributed by atoms with Gasteiger partial charge in [0.05, 0.1) is 6.10 Å². The van der Waals surface area contributed by atoms with Crippen molar-refractivity contribution in [3.8, 4) is 0 Å². The van der Waals surface area contributed by atoms with Gasteiger partial charge in [0.2, 0.25) is 0 Å². The van der Waals surface area contributed by atoms with Crippen molar-refractivity contribution in [3.63, 3.8) is 0 Å². The van der Waals surface area contributed by atoms with E-state index in [2.05, 4.69) is 5.32 Å². The summed E-state index contributed by atoms with van der Waals surface area (Å²) in [6.45, 7) is 0.178. The highest BCUT2D eigenvalue weighted by molar-refractivity contribution is 7.98. The van der Waals surface area contributed by atoms with Crippen LogP contribution in [0.2, 0.25) is 5.02 Å². The molecule has 0 aliphatic carbocycles. The first-order valence-corrected chi connectivity index (χ1v) is 9.97. The molecule has 3 rings (SSSR count). The van der Waals surface area contributed by atoms with E-state index in [-0.39, 0.29) is 12.5 Å². The van der Waals surface area contributed by atoms with Gasteiger partial charge in [0.1, 0.15) is 0 Å². The molecule has 0 aliphatic rings. The molecular weight excluding hydrogens is 378 g/mol. The maximum atomic E-state index is 12.3. The quantitative estimate of drug-likeness (QED) is 0.545. The van der Waals surface area contributed by atoms with Crippen LogP contribution in [0.25, 0.3) is 0 Å². The Kier molecular flexibility index (Phi) is 6.93. The van der Waals surface area contributed by atoms with E-state index in [0.29, 0.717) is 5.56 Å². The van der Waals surface area contributed by atoms with Crippen molar-refractivity contribution >= 4 is 29.3 Å². The summed E-state index contributed by atoms with van der Waals surface area (Å²) in [5.41, 5.74) is 2.50. The van der Waals surface area contributed by atoms with Gasteiger partial charge in [0, 0.05) is 27.8 Å². The Labute approximate surface area is 168 Å². The van der Waals surface area contributed by atoms with Gasteiger partial charge in [-0.3, -0.25) is 4.79 Å². The van der Waals surface area contributed by atoms with Crippen LogP contribution in [0.3, 0.4) is 0 Å². The molecule has 1 amide bonds. The normalized spacial score (nSPS) is 11.8. The fourth-order valence-electron chi connectivity index (χ4n) is 2.53. The van der Waals surface area contributed by atoms with Crippen LogP contribution in [-0.4, -0.2) is 17.6 Å². The molecule has 3 aromatic rings. The van der Waals surface area contributed by atoms with Gasteiger partial charge in [0.25, 0.3) is 5.91 Å². The third-order valence-electron chi connectivity index (χ3n) is 4.08. The number of nitrogens with one attached hydrogen (secondary N) is 1. The van der Waals surface area contributed by atoms with Crippen LogP contribution in [0.15, 0.2) is 83.8 Å². The summed E-state index contributed by atoms with van der Waals surface area (Å²) >= 11 is 7.61.